The van der Waals surface area contributed by atoms with Crippen LogP contribution in [0.5, 0.6) is 0 Å². The van der Waals surface area contributed by atoms with E-state index in [0.717, 1.165) is 5.56 Å². The number of hydrogen-bond donors (Lipinski definition) is 3. The highest BCUT2D eigenvalue weighted by atomic mass is 16.3. The van der Waals surface area contributed by atoms with Crippen molar-refractivity contribution in [1.82, 2.24) is 10.2 Å². The number of nitrogens with zero attached hydrogens (tertiary/aromatic N) is 1. The summed E-state index contributed by atoms with van der Waals surface area (Å²) in [5.74, 6) is -0.497. The maximum absolute atomic E-state index is 11.8. The average molecular weight is 265 g/mol. The molecule has 0 fully saturated rings. The monoisotopic (exact) mass is 265 g/mol. The van der Waals surface area contributed by atoms with Crippen LogP contribution in [0.3, 0.4) is 0 Å². The largest absolute Gasteiger partial charge is 0.395 e. The molecule has 4 N–H and O–H groups in total. The summed E-state index contributed by atoms with van der Waals surface area (Å²) in [5, 5.41) is 11.6. The van der Waals surface area contributed by atoms with Crippen molar-refractivity contribution >= 4 is 11.9 Å². The van der Waals surface area contributed by atoms with Gasteiger partial charge < -0.3 is 21.1 Å². The van der Waals surface area contributed by atoms with Gasteiger partial charge in [-0.05, 0) is 24.6 Å². The summed E-state index contributed by atoms with van der Waals surface area (Å²) in [4.78, 5) is 24.3. The molecule has 19 heavy (non-hydrogen) atoms. The Kier molecular flexibility index (Phi) is 5.81. The molecule has 0 radical (unpaired) electrons. The summed E-state index contributed by atoms with van der Waals surface area (Å²) in [5.41, 5.74) is 6.39. The summed E-state index contributed by atoms with van der Waals surface area (Å²) in [6.45, 7) is 2.89. The summed E-state index contributed by atoms with van der Waals surface area (Å²) in [7, 11) is 0. The Labute approximate surface area is 112 Å². The highest BCUT2D eigenvalue weighted by Gasteiger charge is 2.10. The van der Waals surface area contributed by atoms with E-state index in [2.05, 4.69) is 5.32 Å². The quantitative estimate of drug-likeness (QED) is 0.690. The Morgan fingerprint density at radius 1 is 1.42 bits per heavy atom. The van der Waals surface area contributed by atoms with Gasteiger partial charge in [-0.15, -0.1) is 0 Å². The number of likely N-dealkylation sites (N-methyl/N-ethyl adjacent to an activating group) is 1. The molecule has 0 aliphatic rings. The Bertz CT molecular complexity index is 449. The van der Waals surface area contributed by atoms with Crippen LogP contribution in [0, 0.1) is 0 Å². The molecule has 0 aromatic heterocycles. The summed E-state index contributed by atoms with van der Waals surface area (Å²) < 4.78 is 0. The number of aliphatic hydroxyl groups is 1. The zero-order valence-corrected chi connectivity index (χ0v) is 10.9. The average Bonchev–Trinajstić information content (AvgIpc) is 2.42. The minimum absolute atomic E-state index is 0.0710. The minimum atomic E-state index is -0.497. The second-order valence-corrected chi connectivity index (χ2v) is 4.03. The number of nitrogens with one attached hydrogen (secondary N) is 1. The Hall–Kier alpha value is -2.08. The topological polar surface area (TPSA) is 95.7 Å². The molecule has 6 heteroatoms. The first-order chi connectivity index (χ1) is 9.08. The van der Waals surface area contributed by atoms with E-state index in [9.17, 15) is 9.59 Å². The predicted octanol–water partition coefficient (Wildman–Crippen LogP) is 0.309. The third-order valence-electron chi connectivity index (χ3n) is 2.69. The van der Waals surface area contributed by atoms with Crippen LogP contribution in [0.2, 0.25) is 0 Å². The van der Waals surface area contributed by atoms with Crippen molar-refractivity contribution < 1.29 is 14.7 Å². The van der Waals surface area contributed by atoms with Gasteiger partial charge in [-0.1, -0.05) is 12.1 Å². The van der Waals surface area contributed by atoms with Crippen LogP contribution in [-0.2, 0) is 6.54 Å². The van der Waals surface area contributed by atoms with Gasteiger partial charge in [0.15, 0.2) is 0 Å². The normalized spacial score (nSPS) is 10.0. The molecule has 6 nitrogen and oxygen atoms in total. The smallest absolute Gasteiger partial charge is 0.317 e. The molecule has 0 aliphatic carbocycles. The first-order valence-electron chi connectivity index (χ1n) is 6.10. The molecular weight excluding hydrogens is 246 g/mol. The molecule has 0 heterocycles. The highest BCUT2D eigenvalue weighted by molar-refractivity contribution is 5.92. The number of urea groups is 1. The summed E-state index contributed by atoms with van der Waals surface area (Å²) in [6.07, 6.45) is 0. The molecule has 0 aliphatic heterocycles. The fourth-order valence-electron chi connectivity index (χ4n) is 1.65. The summed E-state index contributed by atoms with van der Waals surface area (Å²) >= 11 is 0. The number of amides is 3. The molecule has 0 unspecified atom stereocenters. The lowest BCUT2D eigenvalue weighted by Gasteiger charge is -2.20. The fourth-order valence-corrected chi connectivity index (χ4v) is 1.65. The Morgan fingerprint density at radius 3 is 2.74 bits per heavy atom. The molecular formula is C13H19N3O3. The lowest BCUT2D eigenvalue weighted by atomic mass is 10.1. The van der Waals surface area contributed by atoms with E-state index >= 15 is 0 Å². The maximum Gasteiger partial charge on any atom is 0.317 e. The molecule has 1 rings (SSSR count). The van der Waals surface area contributed by atoms with E-state index in [4.69, 9.17) is 10.8 Å². The maximum atomic E-state index is 11.8. The second kappa shape index (κ2) is 7.38. The van der Waals surface area contributed by atoms with Crippen molar-refractivity contribution in [2.24, 2.45) is 5.73 Å². The van der Waals surface area contributed by atoms with Crippen molar-refractivity contribution in [2.45, 2.75) is 13.5 Å². The Balaban J connectivity index is 2.58. The second-order valence-electron chi connectivity index (χ2n) is 4.03. The summed E-state index contributed by atoms with van der Waals surface area (Å²) in [6, 6.07) is 6.53. The van der Waals surface area contributed by atoms with Gasteiger partial charge in [-0.2, -0.15) is 0 Å². The van der Waals surface area contributed by atoms with Gasteiger partial charge in [0.2, 0.25) is 5.91 Å². The molecule has 104 valence electrons. The first kappa shape index (κ1) is 15.0. The molecule has 0 atom stereocenters. The van der Waals surface area contributed by atoms with Crippen molar-refractivity contribution in [3.05, 3.63) is 35.4 Å². The molecule has 1 aromatic carbocycles. The van der Waals surface area contributed by atoms with Crippen LogP contribution >= 0.6 is 0 Å². The van der Waals surface area contributed by atoms with Crippen LogP contribution in [0.15, 0.2) is 24.3 Å². The standard InChI is InChI=1S/C13H19N3O3/c1-2-16(6-7-17)13(19)15-9-10-4-3-5-11(8-10)12(14)18/h3-5,8,17H,2,6-7,9H2,1H3,(H2,14,18)(H,15,19). The van der Waals surface area contributed by atoms with Crippen LogP contribution < -0.4 is 11.1 Å². The third-order valence-corrected chi connectivity index (χ3v) is 2.69. The van der Waals surface area contributed by atoms with Gasteiger partial charge in [0, 0.05) is 25.2 Å². The van der Waals surface area contributed by atoms with Crippen molar-refractivity contribution in [3.8, 4) is 0 Å². The number of hydrogen-bond acceptors (Lipinski definition) is 3. The number of benzene rings is 1. The van der Waals surface area contributed by atoms with E-state index in [-0.39, 0.29) is 12.6 Å². The van der Waals surface area contributed by atoms with Gasteiger partial charge in [-0.25, -0.2) is 4.79 Å². The van der Waals surface area contributed by atoms with E-state index in [1.54, 1.807) is 24.3 Å². The van der Waals surface area contributed by atoms with Crippen molar-refractivity contribution in [2.75, 3.05) is 19.7 Å². The van der Waals surface area contributed by atoms with Gasteiger partial charge >= 0.3 is 6.03 Å². The highest BCUT2D eigenvalue weighted by Crippen LogP contribution is 2.04. The van der Waals surface area contributed by atoms with Gasteiger partial charge in [0.1, 0.15) is 0 Å². The van der Waals surface area contributed by atoms with Gasteiger partial charge in [-0.3, -0.25) is 4.79 Å². The van der Waals surface area contributed by atoms with E-state index < -0.39 is 5.91 Å². The molecule has 1 aromatic rings. The number of primary amides is 1. The number of rotatable bonds is 6. The fraction of sp³-hybridized carbons (Fsp3) is 0.385. The lowest BCUT2D eigenvalue weighted by Crippen LogP contribution is -2.41. The first-order valence-corrected chi connectivity index (χ1v) is 6.10. The zero-order chi connectivity index (χ0) is 14.3. The lowest BCUT2D eigenvalue weighted by molar-refractivity contribution is 0.1000. The van der Waals surface area contributed by atoms with Crippen LogP contribution in [-0.4, -0.2) is 41.6 Å². The number of aliphatic hydroxyl groups excluding tert-OH is 1. The van der Waals surface area contributed by atoms with Gasteiger partial charge in [0.05, 0.1) is 6.61 Å². The van der Waals surface area contributed by atoms with Crippen molar-refractivity contribution in [3.63, 3.8) is 0 Å². The van der Waals surface area contributed by atoms with Crippen molar-refractivity contribution in [1.29, 1.82) is 0 Å². The number of nitrogens with two attached hydrogens (primary N) is 1. The zero-order valence-electron chi connectivity index (χ0n) is 10.9. The minimum Gasteiger partial charge on any atom is -0.395 e. The van der Waals surface area contributed by atoms with Crippen LogP contribution in [0.4, 0.5) is 4.79 Å². The van der Waals surface area contributed by atoms with Crippen LogP contribution in [0.1, 0.15) is 22.8 Å². The van der Waals surface area contributed by atoms with Gasteiger partial charge in [0.25, 0.3) is 0 Å². The third kappa shape index (κ3) is 4.59. The van der Waals surface area contributed by atoms with E-state index in [0.29, 0.717) is 25.2 Å². The molecule has 3 amide bonds. The number of carbonyl (C=O) groups excluding carboxylic acids is 2. The SMILES string of the molecule is CCN(CCO)C(=O)NCc1cccc(C(N)=O)c1. The molecule has 0 spiro atoms. The van der Waals surface area contributed by atoms with E-state index in [1.165, 1.54) is 4.90 Å². The number of carbonyl (C=O) groups is 2. The van der Waals surface area contributed by atoms with Crippen LogP contribution in [0.25, 0.3) is 0 Å². The molecule has 0 saturated carbocycles. The Morgan fingerprint density at radius 2 is 2.16 bits per heavy atom. The predicted molar refractivity (Wildman–Crippen MR) is 71.5 cm³/mol. The molecule has 0 saturated heterocycles. The van der Waals surface area contributed by atoms with E-state index in [1.807, 2.05) is 6.92 Å². The molecule has 0 bridgehead atoms.